The Morgan fingerprint density at radius 1 is 0.963 bits per heavy atom. The number of urea groups is 1. The maximum absolute atomic E-state index is 13.0. The van der Waals surface area contributed by atoms with Crippen LogP contribution in [0.15, 0.2) is 72.3 Å². The summed E-state index contributed by atoms with van der Waals surface area (Å²) in [5.41, 5.74) is 1.59. The Hall–Kier alpha value is -3.54. The highest BCUT2D eigenvalue weighted by Crippen LogP contribution is 2.13. The molecule has 0 atom stereocenters. The largest absolute Gasteiger partial charge is 0.331 e. The van der Waals surface area contributed by atoms with Crippen molar-refractivity contribution in [3.8, 4) is 0 Å². The molecule has 0 radical (unpaired) electrons. The molecule has 4 amide bonds. The van der Waals surface area contributed by atoms with E-state index in [0.29, 0.717) is 6.42 Å². The first-order valence-electron chi connectivity index (χ1n) is 8.39. The van der Waals surface area contributed by atoms with Crippen LogP contribution >= 0.6 is 0 Å². The lowest BCUT2D eigenvalue weighted by atomic mass is 10.1. The van der Waals surface area contributed by atoms with E-state index in [9.17, 15) is 18.8 Å². The number of carbonyl (C=O) groups excluding carboxylic acids is 3. The van der Waals surface area contributed by atoms with E-state index >= 15 is 0 Å². The molecule has 1 aliphatic heterocycles. The molecule has 3 rings (SSSR count). The van der Waals surface area contributed by atoms with Gasteiger partial charge in [-0.3, -0.25) is 19.8 Å². The average molecular weight is 364 g/mol. The van der Waals surface area contributed by atoms with Gasteiger partial charge in [0.1, 0.15) is 11.4 Å². The van der Waals surface area contributed by atoms with Gasteiger partial charge in [0.2, 0.25) is 0 Å². The van der Waals surface area contributed by atoms with Crippen LogP contribution in [0.25, 0.3) is 6.08 Å². The number of hydrogen-bond donors (Lipinski definition) is 1. The summed E-state index contributed by atoms with van der Waals surface area (Å²) >= 11 is 0. The van der Waals surface area contributed by atoms with E-state index in [0.717, 1.165) is 16.0 Å². The zero-order chi connectivity index (χ0) is 19.2. The highest BCUT2D eigenvalue weighted by Gasteiger charge is 2.34. The molecule has 1 heterocycles. The smallest absolute Gasteiger partial charge is 0.273 e. The van der Waals surface area contributed by atoms with Gasteiger partial charge in [0.05, 0.1) is 0 Å². The second-order valence-corrected chi connectivity index (χ2v) is 5.94. The van der Waals surface area contributed by atoms with E-state index < -0.39 is 17.8 Å². The van der Waals surface area contributed by atoms with Gasteiger partial charge in [0, 0.05) is 6.54 Å². The summed E-state index contributed by atoms with van der Waals surface area (Å²) in [5, 5.41) is 2.17. The fraction of sp³-hybridized carbons (Fsp3) is 0.0952. The van der Waals surface area contributed by atoms with Gasteiger partial charge in [0.15, 0.2) is 0 Å². The van der Waals surface area contributed by atoms with Gasteiger partial charge in [-0.1, -0.05) is 54.6 Å². The molecule has 6 heteroatoms. The van der Waals surface area contributed by atoms with Crippen molar-refractivity contribution in [3.05, 3.63) is 89.3 Å². The third kappa shape index (κ3) is 4.55. The highest BCUT2D eigenvalue weighted by molar-refractivity contribution is 6.28. The average Bonchev–Trinajstić information content (AvgIpc) is 2.66. The summed E-state index contributed by atoms with van der Waals surface area (Å²) in [4.78, 5) is 37.5. The normalized spacial score (nSPS) is 16.3. The molecule has 2 aromatic carbocycles. The first-order chi connectivity index (χ1) is 13.0. The Kier molecular flexibility index (Phi) is 5.56. The Balaban J connectivity index is 1.71. The number of halogens is 1. The van der Waals surface area contributed by atoms with E-state index in [-0.39, 0.29) is 17.9 Å². The summed E-state index contributed by atoms with van der Waals surface area (Å²) in [6.07, 6.45) is 5.10. The van der Waals surface area contributed by atoms with Crippen molar-refractivity contribution >= 4 is 23.9 Å². The van der Waals surface area contributed by atoms with Crippen LogP contribution in [-0.4, -0.2) is 29.3 Å². The van der Waals surface area contributed by atoms with Crippen molar-refractivity contribution in [2.75, 3.05) is 6.54 Å². The van der Waals surface area contributed by atoms with Gasteiger partial charge in [-0.05, 0) is 35.8 Å². The van der Waals surface area contributed by atoms with Crippen LogP contribution in [-0.2, 0) is 16.0 Å². The minimum Gasteiger partial charge on any atom is -0.273 e. The molecule has 0 aromatic heterocycles. The lowest BCUT2D eigenvalue weighted by Gasteiger charge is -2.26. The molecule has 1 fully saturated rings. The van der Waals surface area contributed by atoms with Gasteiger partial charge >= 0.3 is 6.03 Å². The van der Waals surface area contributed by atoms with Gasteiger partial charge in [-0.2, -0.15) is 0 Å². The number of rotatable bonds is 5. The van der Waals surface area contributed by atoms with Crippen LogP contribution in [0.5, 0.6) is 0 Å². The fourth-order valence-corrected chi connectivity index (χ4v) is 2.63. The van der Waals surface area contributed by atoms with Crippen LogP contribution in [0.1, 0.15) is 11.1 Å². The lowest BCUT2D eigenvalue weighted by molar-refractivity contribution is -0.130. The van der Waals surface area contributed by atoms with Gasteiger partial charge in [-0.25, -0.2) is 9.18 Å². The highest BCUT2D eigenvalue weighted by atomic mass is 19.1. The molecule has 1 aliphatic rings. The maximum Gasteiger partial charge on any atom is 0.331 e. The number of barbiturate groups is 1. The second-order valence-electron chi connectivity index (χ2n) is 5.94. The molecule has 0 spiro atoms. The lowest BCUT2D eigenvalue weighted by Crippen LogP contribution is -2.54. The molecule has 2 aromatic rings. The Morgan fingerprint density at radius 2 is 1.67 bits per heavy atom. The number of hydrogen-bond acceptors (Lipinski definition) is 3. The monoisotopic (exact) mass is 364 g/mol. The predicted molar refractivity (Wildman–Crippen MR) is 98.9 cm³/mol. The van der Waals surface area contributed by atoms with Crippen molar-refractivity contribution in [2.45, 2.75) is 6.42 Å². The zero-order valence-electron chi connectivity index (χ0n) is 14.4. The Morgan fingerprint density at radius 3 is 2.37 bits per heavy atom. The van der Waals surface area contributed by atoms with Gasteiger partial charge in [-0.15, -0.1) is 0 Å². The van der Waals surface area contributed by atoms with Crippen LogP contribution in [0.4, 0.5) is 9.18 Å². The number of carbonyl (C=O) groups is 3. The quantitative estimate of drug-likeness (QED) is 0.655. The van der Waals surface area contributed by atoms with Gasteiger partial charge in [0.25, 0.3) is 11.8 Å². The standard InChI is InChI=1S/C21H17FN2O3/c22-17-11-9-16(10-12-17)13-14-24-20(26)18(19(25)23-21(24)27)8-4-7-15-5-2-1-3-6-15/h1-12H,13-14H2,(H,23,25,27)/b7-4+,18-8+. The Bertz CT molecular complexity index is 918. The molecule has 136 valence electrons. The molecule has 5 nitrogen and oxygen atoms in total. The molecular formula is C21H17FN2O3. The second kappa shape index (κ2) is 8.23. The fourth-order valence-electron chi connectivity index (χ4n) is 2.63. The number of benzene rings is 2. The zero-order valence-corrected chi connectivity index (χ0v) is 14.4. The number of amides is 4. The van der Waals surface area contributed by atoms with Crippen LogP contribution in [0, 0.1) is 5.82 Å². The molecule has 1 saturated heterocycles. The van der Waals surface area contributed by atoms with Crippen LogP contribution < -0.4 is 5.32 Å². The third-order valence-corrected chi connectivity index (χ3v) is 4.07. The molecular weight excluding hydrogens is 347 g/mol. The van der Waals surface area contributed by atoms with E-state index in [4.69, 9.17) is 0 Å². The van der Waals surface area contributed by atoms with Crippen molar-refractivity contribution in [3.63, 3.8) is 0 Å². The summed E-state index contributed by atoms with van der Waals surface area (Å²) < 4.78 is 13.0. The molecule has 27 heavy (non-hydrogen) atoms. The third-order valence-electron chi connectivity index (χ3n) is 4.07. The number of nitrogens with one attached hydrogen (secondary N) is 1. The predicted octanol–water partition coefficient (Wildman–Crippen LogP) is 3.09. The van der Waals surface area contributed by atoms with Crippen molar-refractivity contribution < 1.29 is 18.8 Å². The Labute approximate surface area is 155 Å². The molecule has 1 N–H and O–H groups in total. The maximum atomic E-state index is 13.0. The molecule has 0 bridgehead atoms. The minimum atomic E-state index is -0.753. The molecule has 0 saturated carbocycles. The molecule has 0 unspecified atom stereocenters. The van der Waals surface area contributed by atoms with Crippen molar-refractivity contribution in [2.24, 2.45) is 0 Å². The topological polar surface area (TPSA) is 66.5 Å². The van der Waals surface area contributed by atoms with Crippen LogP contribution in [0.3, 0.4) is 0 Å². The van der Waals surface area contributed by atoms with E-state index in [1.807, 2.05) is 30.3 Å². The van der Waals surface area contributed by atoms with Crippen LogP contribution in [0.2, 0.25) is 0 Å². The first-order valence-corrected chi connectivity index (χ1v) is 8.39. The summed E-state index contributed by atoms with van der Waals surface area (Å²) in [6.45, 7) is 0.0866. The van der Waals surface area contributed by atoms with E-state index in [2.05, 4.69) is 5.32 Å². The molecule has 0 aliphatic carbocycles. The minimum absolute atomic E-state index is 0.0866. The first kappa shape index (κ1) is 18.3. The number of nitrogens with zero attached hydrogens (tertiary/aromatic N) is 1. The SMILES string of the molecule is O=C1NC(=O)N(CCc2ccc(F)cc2)C(=O)/C1=C/C=C/c1ccccc1. The van der Waals surface area contributed by atoms with E-state index in [1.165, 1.54) is 18.2 Å². The summed E-state index contributed by atoms with van der Waals surface area (Å²) in [5.74, 6) is -1.73. The summed E-state index contributed by atoms with van der Waals surface area (Å²) in [6, 6.07) is 14.5. The summed E-state index contributed by atoms with van der Waals surface area (Å²) in [7, 11) is 0. The number of imide groups is 2. The van der Waals surface area contributed by atoms with Crippen molar-refractivity contribution in [1.29, 1.82) is 0 Å². The van der Waals surface area contributed by atoms with E-state index in [1.54, 1.807) is 24.3 Å². The van der Waals surface area contributed by atoms with Crippen molar-refractivity contribution in [1.82, 2.24) is 10.2 Å². The number of allylic oxidation sites excluding steroid dienone is 2. The van der Waals surface area contributed by atoms with Gasteiger partial charge < -0.3 is 0 Å².